The summed E-state index contributed by atoms with van der Waals surface area (Å²) in [7, 11) is 1.83. The maximum absolute atomic E-state index is 13.3. The maximum atomic E-state index is 13.3. The van der Waals surface area contributed by atoms with Gasteiger partial charge in [0, 0.05) is 24.7 Å². The van der Waals surface area contributed by atoms with Crippen LogP contribution in [0.5, 0.6) is 11.5 Å². The number of aromatic nitrogens is 1. The number of aryl methyl sites for hydroxylation is 1. The van der Waals surface area contributed by atoms with Crippen molar-refractivity contribution in [3.63, 3.8) is 0 Å². The van der Waals surface area contributed by atoms with Crippen LogP contribution < -0.4 is 20.3 Å². The van der Waals surface area contributed by atoms with Crippen molar-refractivity contribution in [2.75, 3.05) is 25.1 Å². The highest BCUT2D eigenvalue weighted by Crippen LogP contribution is 2.34. The van der Waals surface area contributed by atoms with E-state index in [1.165, 1.54) is 57.8 Å². The first kappa shape index (κ1) is 29.1. The Hall–Kier alpha value is -2.17. The molecule has 0 aliphatic rings. The molecule has 2 aromatic rings. The largest absolute Gasteiger partial charge is 0.489 e. The number of benzene rings is 1. The van der Waals surface area contributed by atoms with Gasteiger partial charge in [0.25, 0.3) is 5.56 Å². The number of nitrogens with zero attached hydrogens (tertiary/aromatic N) is 1. The van der Waals surface area contributed by atoms with Gasteiger partial charge in [-0.2, -0.15) is 0 Å². The lowest BCUT2D eigenvalue weighted by Gasteiger charge is -2.18. The first-order valence-corrected chi connectivity index (χ1v) is 14.3. The van der Waals surface area contributed by atoms with Crippen LogP contribution in [-0.4, -0.2) is 24.3 Å². The van der Waals surface area contributed by atoms with Crippen LogP contribution in [0.4, 0.5) is 5.69 Å². The lowest BCUT2D eigenvalue weighted by molar-refractivity contribution is 0.258. The highest BCUT2D eigenvalue weighted by atomic mass is 16.5. The fourth-order valence-corrected chi connectivity index (χ4v) is 4.38. The van der Waals surface area contributed by atoms with Crippen LogP contribution in [0.25, 0.3) is 10.9 Å². The number of hydrogen-bond acceptors (Lipinski definition) is 4. The molecule has 0 atom stereocenters. The highest BCUT2D eigenvalue weighted by Gasteiger charge is 2.18. The Kier molecular flexibility index (Phi) is 14.4. The third-order valence-electron chi connectivity index (χ3n) is 6.66. The molecule has 1 heterocycles. The topological polar surface area (TPSA) is 52.5 Å². The van der Waals surface area contributed by atoms with Gasteiger partial charge in [-0.15, -0.1) is 0 Å². The number of fused-ring (bicyclic) bond motifs is 1. The molecular formula is C30H50N2O3. The van der Waals surface area contributed by atoms with Gasteiger partial charge < -0.3 is 19.4 Å². The second-order valence-electron chi connectivity index (χ2n) is 9.77. The number of nitrogens with one attached hydrogen (secondary N) is 1. The summed E-state index contributed by atoms with van der Waals surface area (Å²) < 4.78 is 13.9. The van der Waals surface area contributed by atoms with Gasteiger partial charge in [-0.25, -0.2) is 0 Å². The van der Waals surface area contributed by atoms with Crippen molar-refractivity contribution in [3.8, 4) is 11.5 Å². The van der Waals surface area contributed by atoms with Crippen LogP contribution in [0.3, 0.4) is 0 Å². The Bertz CT molecular complexity index is 907. The van der Waals surface area contributed by atoms with E-state index in [0.717, 1.165) is 55.2 Å². The maximum Gasteiger partial charge on any atom is 0.297 e. The molecule has 0 unspecified atom stereocenters. The van der Waals surface area contributed by atoms with Gasteiger partial charge in [0.05, 0.1) is 18.7 Å². The molecule has 0 aliphatic carbocycles. The molecule has 0 radical (unpaired) electrons. The van der Waals surface area contributed by atoms with Crippen molar-refractivity contribution in [2.45, 2.75) is 111 Å². The molecule has 0 fully saturated rings. The Balaban J connectivity index is 2.11. The number of pyridine rings is 1. The van der Waals surface area contributed by atoms with Gasteiger partial charge in [-0.05, 0) is 37.5 Å². The second kappa shape index (κ2) is 17.3. The Labute approximate surface area is 213 Å². The number of ether oxygens (including phenoxy) is 2. The summed E-state index contributed by atoms with van der Waals surface area (Å²) in [4.78, 5) is 13.3. The predicted octanol–water partition coefficient (Wildman–Crippen LogP) is 8.23. The quantitative estimate of drug-likeness (QED) is 0.191. The Morgan fingerprint density at radius 3 is 1.97 bits per heavy atom. The third kappa shape index (κ3) is 9.77. The molecule has 0 bridgehead atoms. The van der Waals surface area contributed by atoms with E-state index in [-0.39, 0.29) is 5.56 Å². The minimum Gasteiger partial charge on any atom is -0.489 e. The molecule has 1 aromatic carbocycles. The summed E-state index contributed by atoms with van der Waals surface area (Å²) in [5.41, 5.74) is 1.80. The second-order valence-corrected chi connectivity index (χ2v) is 9.77. The van der Waals surface area contributed by atoms with Crippen LogP contribution in [0.2, 0.25) is 0 Å². The molecular weight excluding hydrogens is 436 g/mol. The SMILES string of the molecule is CCCCCCCCNc1ccc2c(OCCCC)c(OCCCCCCCC)c(=O)n(C)c2c1. The minimum atomic E-state index is -0.122. The van der Waals surface area contributed by atoms with Crippen LogP contribution >= 0.6 is 0 Å². The van der Waals surface area contributed by atoms with Crippen molar-refractivity contribution in [3.05, 3.63) is 28.6 Å². The lowest BCUT2D eigenvalue weighted by atomic mass is 10.1. The molecule has 198 valence electrons. The number of anilines is 1. The van der Waals surface area contributed by atoms with Gasteiger partial charge in [0.1, 0.15) is 0 Å². The Morgan fingerprint density at radius 1 is 0.714 bits per heavy atom. The number of rotatable bonds is 20. The van der Waals surface area contributed by atoms with E-state index in [1.807, 2.05) is 7.05 Å². The number of hydrogen-bond donors (Lipinski definition) is 1. The van der Waals surface area contributed by atoms with E-state index in [2.05, 4.69) is 44.3 Å². The molecule has 0 spiro atoms. The van der Waals surface area contributed by atoms with Crippen molar-refractivity contribution in [1.82, 2.24) is 4.57 Å². The van der Waals surface area contributed by atoms with Gasteiger partial charge in [-0.1, -0.05) is 91.4 Å². The van der Waals surface area contributed by atoms with Crippen molar-refractivity contribution >= 4 is 16.6 Å². The van der Waals surface area contributed by atoms with E-state index >= 15 is 0 Å². The van der Waals surface area contributed by atoms with E-state index < -0.39 is 0 Å². The van der Waals surface area contributed by atoms with Gasteiger partial charge >= 0.3 is 0 Å². The standard InChI is InChI=1S/C30H50N2O3/c1-5-8-11-13-15-17-21-31-25-19-20-26-27(24-25)32(4)30(33)29(28(26)34-22-10-7-3)35-23-18-16-14-12-9-6-2/h19-20,24,31H,5-18,21-23H2,1-4H3. The normalized spacial score (nSPS) is 11.2. The molecule has 2 rings (SSSR count). The first-order valence-electron chi connectivity index (χ1n) is 14.3. The third-order valence-corrected chi connectivity index (χ3v) is 6.66. The highest BCUT2D eigenvalue weighted by molar-refractivity contribution is 5.90. The zero-order chi connectivity index (χ0) is 25.3. The average molecular weight is 487 g/mol. The fourth-order valence-electron chi connectivity index (χ4n) is 4.38. The van der Waals surface area contributed by atoms with Crippen molar-refractivity contribution in [1.29, 1.82) is 0 Å². The smallest absolute Gasteiger partial charge is 0.297 e. The average Bonchev–Trinajstić information content (AvgIpc) is 2.87. The molecule has 1 N–H and O–H groups in total. The Morgan fingerprint density at radius 2 is 1.29 bits per heavy atom. The van der Waals surface area contributed by atoms with Crippen molar-refractivity contribution < 1.29 is 9.47 Å². The van der Waals surface area contributed by atoms with Gasteiger partial charge in [-0.3, -0.25) is 4.79 Å². The van der Waals surface area contributed by atoms with Crippen LogP contribution in [0, 0.1) is 0 Å². The van der Waals surface area contributed by atoms with Crippen LogP contribution in [-0.2, 0) is 7.05 Å². The first-order chi connectivity index (χ1) is 17.1. The lowest BCUT2D eigenvalue weighted by Crippen LogP contribution is -2.22. The predicted molar refractivity (Wildman–Crippen MR) is 150 cm³/mol. The summed E-state index contributed by atoms with van der Waals surface area (Å²) >= 11 is 0. The molecule has 35 heavy (non-hydrogen) atoms. The van der Waals surface area contributed by atoms with Gasteiger partial charge in [0.15, 0.2) is 5.75 Å². The zero-order valence-corrected chi connectivity index (χ0v) is 22.9. The van der Waals surface area contributed by atoms with E-state index in [0.29, 0.717) is 24.7 Å². The summed E-state index contributed by atoms with van der Waals surface area (Å²) in [5.74, 6) is 0.961. The van der Waals surface area contributed by atoms with Crippen LogP contribution in [0.15, 0.2) is 23.0 Å². The molecule has 0 amide bonds. The monoisotopic (exact) mass is 486 g/mol. The molecule has 1 aromatic heterocycles. The van der Waals surface area contributed by atoms with Gasteiger partial charge in [0.2, 0.25) is 5.75 Å². The summed E-state index contributed by atoms with van der Waals surface area (Å²) in [6.07, 6.45) is 16.8. The summed E-state index contributed by atoms with van der Waals surface area (Å²) in [6.45, 7) is 8.71. The fraction of sp³-hybridized carbons (Fsp3) is 0.700. The van der Waals surface area contributed by atoms with Crippen LogP contribution in [0.1, 0.15) is 111 Å². The molecule has 0 aliphatic heterocycles. The summed E-state index contributed by atoms with van der Waals surface area (Å²) in [6, 6.07) is 6.23. The van der Waals surface area contributed by atoms with E-state index in [4.69, 9.17) is 9.47 Å². The molecule has 5 heteroatoms. The molecule has 0 saturated carbocycles. The van der Waals surface area contributed by atoms with E-state index in [1.54, 1.807) is 4.57 Å². The van der Waals surface area contributed by atoms with Crippen molar-refractivity contribution in [2.24, 2.45) is 7.05 Å². The zero-order valence-electron chi connectivity index (χ0n) is 22.9. The summed E-state index contributed by atoms with van der Waals surface area (Å²) in [5, 5.41) is 4.47. The minimum absolute atomic E-state index is 0.122. The van der Waals surface area contributed by atoms with E-state index in [9.17, 15) is 4.79 Å². The molecule has 0 saturated heterocycles. The number of unbranched alkanes of at least 4 members (excludes halogenated alkanes) is 11. The molecule has 5 nitrogen and oxygen atoms in total.